The van der Waals surface area contributed by atoms with Crippen LogP contribution in [0.5, 0.6) is 0 Å². The molecule has 24 heavy (non-hydrogen) atoms. The Morgan fingerprint density at radius 3 is 3.00 bits per heavy atom. The molecule has 0 aliphatic heterocycles. The normalized spacial score (nSPS) is 11.2. The van der Waals surface area contributed by atoms with Crippen LogP contribution in [0, 0.1) is 0 Å². The second-order valence-electron chi connectivity index (χ2n) is 5.00. The number of rotatable bonds is 6. The molecule has 0 fully saturated rings. The summed E-state index contributed by atoms with van der Waals surface area (Å²) in [6.07, 6.45) is 4.93. The van der Waals surface area contributed by atoms with Gasteiger partial charge in [0.05, 0.1) is 23.0 Å². The molecule has 122 valence electrons. The van der Waals surface area contributed by atoms with Gasteiger partial charge in [0.25, 0.3) is 5.91 Å². The van der Waals surface area contributed by atoms with Gasteiger partial charge in [-0.1, -0.05) is 30.0 Å². The number of nitrogens with one attached hydrogen (secondary N) is 1. The third kappa shape index (κ3) is 3.80. The summed E-state index contributed by atoms with van der Waals surface area (Å²) in [5.41, 5.74) is 5.37. The third-order valence-corrected chi connectivity index (χ3v) is 4.33. The summed E-state index contributed by atoms with van der Waals surface area (Å²) in [6, 6.07) is 11.6. The minimum atomic E-state index is -0.171. The molecular formula is C17H17N5OS. The summed E-state index contributed by atoms with van der Waals surface area (Å²) < 4.78 is 2.10. The van der Waals surface area contributed by atoms with Crippen LogP contribution in [0.4, 0.5) is 0 Å². The van der Waals surface area contributed by atoms with Crippen LogP contribution in [-0.2, 0) is 11.3 Å². The van der Waals surface area contributed by atoms with Gasteiger partial charge in [0.1, 0.15) is 0 Å². The third-order valence-electron chi connectivity index (χ3n) is 3.36. The van der Waals surface area contributed by atoms with Crippen LogP contribution in [0.1, 0.15) is 12.5 Å². The average molecular weight is 339 g/mol. The van der Waals surface area contributed by atoms with E-state index in [-0.39, 0.29) is 11.7 Å². The Balaban J connectivity index is 1.59. The SMILES string of the molecule is CCn1c(SCC(=O)N/N=C\c2cccnc2)nc2ccccc21. The maximum Gasteiger partial charge on any atom is 0.250 e. The van der Waals surface area contributed by atoms with Crippen molar-refractivity contribution in [3.8, 4) is 0 Å². The zero-order valence-electron chi connectivity index (χ0n) is 13.2. The number of fused-ring (bicyclic) bond motifs is 1. The molecule has 1 amide bonds. The molecule has 3 aromatic rings. The van der Waals surface area contributed by atoms with Gasteiger partial charge < -0.3 is 4.57 Å². The van der Waals surface area contributed by atoms with Gasteiger partial charge in [0, 0.05) is 24.5 Å². The number of hydrazone groups is 1. The maximum atomic E-state index is 11.9. The second kappa shape index (κ2) is 7.74. The monoisotopic (exact) mass is 339 g/mol. The molecule has 2 heterocycles. The van der Waals surface area contributed by atoms with Crippen molar-refractivity contribution in [1.82, 2.24) is 20.0 Å². The van der Waals surface area contributed by atoms with Gasteiger partial charge in [-0.25, -0.2) is 10.4 Å². The lowest BCUT2D eigenvalue weighted by molar-refractivity contribution is -0.118. The van der Waals surface area contributed by atoms with Crippen molar-refractivity contribution in [3.05, 3.63) is 54.4 Å². The second-order valence-corrected chi connectivity index (χ2v) is 5.94. The average Bonchev–Trinajstić information content (AvgIpc) is 2.98. The zero-order chi connectivity index (χ0) is 16.8. The van der Waals surface area contributed by atoms with Crippen molar-refractivity contribution in [3.63, 3.8) is 0 Å². The minimum absolute atomic E-state index is 0.171. The van der Waals surface area contributed by atoms with Gasteiger partial charge in [-0.2, -0.15) is 5.10 Å². The number of imidazole rings is 1. The van der Waals surface area contributed by atoms with Crippen molar-refractivity contribution >= 4 is 34.9 Å². The first-order valence-electron chi connectivity index (χ1n) is 7.58. The predicted octanol–water partition coefficient (Wildman–Crippen LogP) is 2.69. The summed E-state index contributed by atoms with van der Waals surface area (Å²) in [4.78, 5) is 20.5. The molecule has 1 aromatic carbocycles. The molecule has 0 atom stereocenters. The number of nitrogens with zero attached hydrogens (tertiary/aromatic N) is 4. The Bertz CT molecular complexity index is 860. The van der Waals surface area contributed by atoms with Gasteiger partial charge in [-0.3, -0.25) is 9.78 Å². The van der Waals surface area contributed by atoms with E-state index in [0.717, 1.165) is 28.3 Å². The molecule has 0 spiro atoms. The molecule has 0 aliphatic carbocycles. The van der Waals surface area contributed by atoms with E-state index in [1.165, 1.54) is 11.8 Å². The first-order chi connectivity index (χ1) is 11.8. The molecule has 2 aromatic heterocycles. The van der Waals surface area contributed by atoms with Gasteiger partial charge >= 0.3 is 0 Å². The van der Waals surface area contributed by atoms with Gasteiger partial charge in [0.15, 0.2) is 5.16 Å². The van der Waals surface area contributed by atoms with Crippen LogP contribution in [-0.4, -0.2) is 32.4 Å². The number of aromatic nitrogens is 3. The van der Waals surface area contributed by atoms with Crippen molar-refractivity contribution in [2.24, 2.45) is 5.10 Å². The number of amides is 1. The van der Waals surface area contributed by atoms with E-state index < -0.39 is 0 Å². The minimum Gasteiger partial charge on any atom is -0.319 e. The summed E-state index contributed by atoms with van der Waals surface area (Å²) in [6.45, 7) is 2.88. The standard InChI is InChI=1S/C17H17N5OS/c1-2-22-15-8-4-3-7-14(15)20-17(22)24-12-16(23)21-19-11-13-6-5-9-18-10-13/h3-11H,2,12H2,1H3,(H,21,23)/b19-11-. The zero-order valence-corrected chi connectivity index (χ0v) is 14.0. The van der Waals surface area contributed by atoms with Crippen LogP contribution >= 0.6 is 11.8 Å². The number of hydrogen-bond acceptors (Lipinski definition) is 5. The number of aryl methyl sites for hydroxylation is 1. The quantitative estimate of drug-likeness (QED) is 0.426. The van der Waals surface area contributed by atoms with Crippen molar-refractivity contribution in [1.29, 1.82) is 0 Å². The lowest BCUT2D eigenvalue weighted by Crippen LogP contribution is -2.20. The number of para-hydroxylation sites is 2. The number of benzene rings is 1. The van der Waals surface area contributed by atoms with E-state index in [1.807, 2.05) is 36.4 Å². The van der Waals surface area contributed by atoms with Gasteiger partial charge in [-0.05, 0) is 25.1 Å². The number of carbonyl (C=O) groups is 1. The predicted molar refractivity (Wildman–Crippen MR) is 96.1 cm³/mol. The molecule has 0 radical (unpaired) electrons. The highest BCUT2D eigenvalue weighted by Crippen LogP contribution is 2.23. The highest BCUT2D eigenvalue weighted by molar-refractivity contribution is 7.99. The summed E-state index contributed by atoms with van der Waals surface area (Å²) >= 11 is 1.41. The summed E-state index contributed by atoms with van der Waals surface area (Å²) in [5, 5.41) is 4.77. The molecule has 6 nitrogen and oxygen atoms in total. The molecular weight excluding hydrogens is 322 g/mol. The van der Waals surface area contributed by atoms with Crippen molar-refractivity contribution in [2.75, 3.05) is 5.75 Å². The molecule has 0 bridgehead atoms. The number of thioether (sulfide) groups is 1. The smallest absolute Gasteiger partial charge is 0.250 e. The van der Waals surface area contributed by atoms with E-state index in [0.29, 0.717) is 0 Å². The van der Waals surface area contributed by atoms with E-state index in [9.17, 15) is 4.79 Å². The van der Waals surface area contributed by atoms with Crippen LogP contribution in [0.2, 0.25) is 0 Å². The first kappa shape index (κ1) is 16.2. The first-order valence-corrected chi connectivity index (χ1v) is 8.56. The Morgan fingerprint density at radius 1 is 1.33 bits per heavy atom. The molecule has 7 heteroatoms. The number of hydrogen-bond donors (Lipinski definition) is 1. The van der Waals surface area contributed by atoms with Crippen LogP contribution in [0.3, 0.4) is 0 Å². The van der Waals surface area contributed by atoms with Crippen LogP contribution in [0.25, 0.3) is 11.0 Å². The Morgan fingerprint density at radius 2 is 2.21 bits per heavy atom. The van der Waals surface area contributed by atoms with Crippen molar-refractivity contribution < 1.29 is 4.79 Å². The van der Waals surface area contributed by atoms with E-state index >= 15 is 0 Å². The fraction of sp³-hybridized carbons (Fsp3) is 0.176. The van der Waals surface area contributed by atoms with Crippen LogP contribution < -0.4 is 5.43 Å². The fourth-order valence-corrected chi connectivity index (χ4v) is 3.13. The largest absolute Gasteiger partial charge is 0.319 e. The number of carbonyl (C=O) groups excluding carboxylic acids is 1. The Hall–Kier alpha value is -2.67. The highest BCUT2D eigenvalue weighted by Gasteiger charge is 2.11. The lowest BCUT2D eigenvalue weighted by Gasteiger charge is -2.04. The topological polar surface area (TPSA) is 72.2 Å². The molecule has 3 rings (SSSR count). The molecule has 0 aliphatic rings. The summed E-state index contributed by atoms with van der Waals surface area (Å²) in [5.74, 6) is 0.0862. The van der Waals surface area contributed by atoms with E-state index in [1.54, 1.807) is 18.6 Å². The van der Waals surface area contributed by atoms with Gasteiger partial charge in [-0.15, -0.1) is 0 Å². The van der Waals surface area contributed by atoms with Gasteiger partial charge in [0.2, 0.25) is 0 Å². The Labute approximate surface area is 144 Å². The number of pyridine rings is 1. The molecule has 0 saturated carbocycles. The molecule has 0 saturated heterocycles. The van der Waals surface area contributed by atoms with Crippen LogP contribution in [0.15, 0.2) is 59.0 Å². The lowest BCUT2D eigenvalue weighted by atomic mass is 10.3. The van der Waals surface area contributed by atoms with E-state index in [2.05, 4.69) is 32.0 Å². The highest BCUT2D eigenvalue weighted by atomic mass is 32.2. The summed E-state index contributed by atoms with van der Waals surface area (Å²) in [7, 11) is 0. The maximum absolute atomic E-state index is 11.9. The Kier molecular flexibility index (Phi) is 5.22. The molecule has 0 unspecified atom stereocenters. The van der Waals surface area contributed by atoms with Crippen molar-refractivity contribution in [2.45, 2.75) is 18.6 Å². The van der Waals surface area contributed by atoms with E-state index in [4.69, 9.17) is 0 Å². The fourth-order valence-electron chi connectivity index (χ4n) is 2.26. The molecule has 1 N–H and O–H groups in total.